The van der Waals surface area contributed by atoms with Gasteiger partial charge in [-0.05, 0) is 37.2 Å². The maximum absolute atomic E-state index is 12.7. The lowest BCUT2D eigenvalue weighted by Gasteiger charge is -2.33. The monoisotopic (exact) mass is 402 g/mol. The molecule has 1 aromatic carbocycles. The van der Waals surface area contributed by atoms with Gasteiger partial charge in [-0.1, -0.05) is 26.0 Å². The normalized spacial score (nSPS) is 17.1. The number of aromatic nitrogens is 2. The number of benzene rings is 1. The standard InChI is InChI=1S/C20H26N4O3S/c1-13(2)18(26)21-14-6-5-10-23(12-14)17(25)9-11-24-19(27)15-7-3-4-8-16(15)22-20(24)28/h3-4,7-8,13-14H,5-6,9-12H2,1-2H3,(H,21,26)(H,22,28). The van der Waals surface area contributed by atoms with E-state index in [9.17, 15) is 14.4 Å². The summed E-state index contributed by atoms with van der Waals surface area (Å²) in [6.45, 7) is 5.12. The van der Waals surface area contributed by atoms with E-state index in [1.165, 1.54) is 4.57 Å². The number of amides is 2. The predicted octanol–water partition coefficient (Wildman–Crippen LogP) is 2.21. The van der Waals surface area contributed by atoms with E-state index in [4.69, 9.17) is 12.2 Å². The van der Waals surface area contributed by atoms with Crippen LogP contribution in [0.15, 0.2) is 29.1 Å². The van der Waals surface area contributed by atoms with Crippen LogP contribution in [0.5, 0.6) is 0 Å². The molecule has 1 aliphatic rings. The molecule has 1 fully saturated rings. The lowest BCUT2D eigenvalue weighted by molar-refractivity contribution is -0.134. The predicted molar refractivity (Wildman–Crippen MR) is 111 cm³/mol. The Morgan fingerprint density at radius 1 is 1.32 bits per heavy atom. The van der Waals surface area contributed by atoms with Gasteiger partial charge in [0.1, 0.15) is 0 Å². The van der Waals surface area contributed by atoms with E-state index in [2.05, 4.69) is 10.3 Å². The Labute approximate surface area is 168 Å². The van der Waals surface area contributed by atoms with Gasteiger partial charge in [-0.3, -0.25) is 19.0 Å². The number of para-hydroxylation sites is 1. The Morgan fingerprint density at radius 2 is 2.07 bits per heavy atom. The molecule has 0 saturated carbocycles. The molecule has 2 amide bonds. The van der Waals surface area contributed by atoms with Crippen LogP contribution < -0.4 is 10.9 Å². The van der Waals surface area contributed by atoms with Crippen molar-refractivity contribution in [1.82, 2.24) is 19.8 Å². The molecule has 3 rings (SSSR count). The number of carbonyl (C=O) groups excluding carboxylic acids is 2. The van der Waals surface area contributed by atoms with E-state index < -0.39 is 0 Å². The van der Waals surface area contributed by atoms with Gasteiger partial charge in [-0.15, -0.1) is 0 Å². The third kappa shape index (κ3) is 4.49. The molecule has 1 aromatic heterocycles. The van der Waals surface area contributed by atoms with E-state index in [0.717, 1.165) is 12.8 Å². The van der Waals surface area contributed by atoms with Gasteiger partial charge >= 0.3 is 0 Å². The summed E-state index contributed by atoms with van der Waals surface area (Å²) >= 11 is 5.30. The number of H-pyrrole nitrogens is 1. The number of hydrogen-bond donors (Lipinski definition) is 2. The number of likely N-dealkylation sites (tertiary alicyclic amines) is 1. The van der Waals surface area contributed by atoms with Gasteiger partial charge in [0.2, 0.25) is 11.8 Å². The molecule has 1 atom stereocenters. The molecule has 2 heterocycles. The first kappa shape index (κ1) is 20.3. The second-order valence-corrected chi connectivity index (χ2v) is 7.91. The SMILES string of the molecule is CC(C)C(=O)NC1CCCN(C(=O)CCn2c(=S)[nH]c3ccccc3c2=O)C1. The minimum Gasteiger partial charge on any atom is -0.351 e. The van der Waals surface area contributed by atoms with Crippen LogP contribution in [0, 0.1) is 10.7 Å². The highest BCUT2D eigenvalue weighted by Gasteiger charge is 2.25. The second kappa shape index (κ2) is 8.68. The number of rotatable bonds is 5. The van der Waals surface area contributed by atoms with E-state index in [-0.39, 0.29) is 42.3 Å². The summed E-state index contributed by atoms with van der Waals surface area (Å²) < 4.78 is 1.76. The minimum absolute atomic E-state index is 0.00769. The first-order chi connectivity index (χ1) is 13.4. The summed E-state index contributed by atoms with van der Waals surface area (Å²) in [5, 5.41) is 3.56. The van der Waals surface area contributed by atoms with E-state index >= 15 is 0 Å². The molecule has 2 N–H and O–H groups in total. The highest BCUT2D eigenvalue weighted by atomic mass is 32.1. The van der Waals surface area contributed by atoms with E-state index in [0.29, 0.717) is 28.8 Å². The van der Waals surface area contributed by atoms with Gasteiger partial charge in [0.25, 0.3) is 5.56 Å². The molecule has 0 aliphatic carbocycles. The molecule has 0 spiro atoms. The van der Waals surface area contributed by atoms with Gasteiger partial charge in [0.05, 0.1) is 10.9 Å². The molecule has 7 nitrogen and oxygen atoms in total. The number of carbonyl (C=O) groups is 2. The topological polar surface area (TPSA) is 87.2 Å². The molecule has 0 bridgehead atoms. The van der Waals surface area contributed by atoms with Gasteiger partial charge in [0.15, 0.2) is 4.77 Å². The zero-order valence-electron chi connectivity index (χ0n) is 16.2. The molecular weight excluding hydrogens is 376 g/mol. The Morgan fingerprint density at radius 3 is 2.82 bits per heavy atom. The van der Waals surface area contributed by atoms with Crippen molar-refractivity contribution in [3.63, 3.8) is 0 Å². The van der Waals surface area contributed by atoms with Crippen molar-refractivity contribution in [2.24, 2.45) is 5.92 Å². The molecule has 0 radical (unpaired) electrons. The zero-order valence-corrected chi connectivity index (χ0v) is 17.1. The van der Waals surface area contributed by atoms with Crippen LogP contribution in [0.25, 0.3) is 10.9 Å². The fraction of sp³-hybridized carbons (Fsp3) is 0.500. The van der Waals surface area contributed by atoms with Crippen LogP contribution in [0.2, 0.25) is 0 Å². The average molecular weight is 403 g/mol. The number of nitrogens with one attached hydrogen (secondary N) is 2. The second-order valence-electron chi connectivity index (χ2n) is 7.52. The summed E-state index contributed by atoms with van der Waals surface area (Å²) in [7, 11) is 0. The van der Waals surface area contributed by atoms with Gasteiger partial charge in [0, 0.05) is 38.0 Å². The fourth-order valence-corrected chi connectivity index (χ4v) is 3.74. The van der Waals surface area contributed by atoms with Crippen LogP contribution in [-0.4, -0.2) is 45.4 Å². The smallest absolute Gasteiger partial charge is 0.262 e. The summed E-state index contributed by atoms with van der Waals surface area (Å²) in [5.74, 6) is -0.0983. The van der Waals surface area contributed by atoms with Crippen molar-refractivity contribution in [2.75, 3.05) is 13.1 Å². The van der Waals surface area contributed by atoms with Crippen molar-refractivity contribution in [3.8, 4) is 0 Å². The molecule has 150 valence electrons. The highest BCUT2D eigenvalue weighted by Crippen LogP contribution is 2.13. The molecule has 2 aromatic rings. The summed E-state index contributed by atoms with van der Waals surface area (Å²) in [4.78, 5) is 42.1. The summed E-state index contributed by atoms with van der Waals surface area (Å²) in [6, 6.07) is 7.18. The van der Waals surface area contributed by atoms with Crippen molar-refractivity contribution >= 4 is 34.9 Å². The number of fused-ring (bicyclic) bond motifs is 1. The fourth-order valence-electron chi connectivity index (χ4n) is 3.46. The van der Waals surface area contributed by atoms with Crippen LogP contribution in [0.1, 0.15) is 33.1 Å². The molecule has 1 unspecified atom stereocenters. The summed E-state index contributed by atoms with van der Waals surface area (Å²) in [6.07, 6.45) is 1.92. The Kier molecular flexibility index (Phi) is 6.28. The lowest BCUT2D eigenvalue weighted by Crippen LogP contribution is -2.50. The van der Waals surface area contributed by atoms with Crippen LogP contribution in [0.3, 0.4) is 0 Å². The Balaban J connectivity index is 1.66. The van der Waals surface area contributed by atoms with Crippen LogP contribution >= 0.6 is 12.2 Å². The molecule has 1 aliphatic heterocycles. The number of hydrogen-bond acceptors (Lipinski definition) is 4. The minimum atomic E-state index is -0.187. The van der Waals surface area contributed by atoms with Crippen LogP contribution in [-0.2, 0) is 16.1 Å². The largest absolute Gasteiger partial charge is 0.351 e. The quantitative estimate of drug-likeness (QED) is 0.751. The lowest BCUT2D eigenvalue weighted by atomic mass is 10.0. The highest BCUT2D eigenvalue weighted by molar-refractivity contribution is 7.71. The third-order valence-electron chi connectivity index (χ3n) is 5.08. The Hall–Kier alpha value is -2.48. The summed E-state index contributed by atoms with van der Waals surface area (Å²) in [5.41, 5.74) is 0.507. The van der Waals surface area contributed by atoms with Crippen molar-refractivity contribution in [3.05, 3.63) is 39.4 Å². The number of aromatic amines is 1. The molecular formula is C20H26N4O3S. The number of piperidine rings is 1. The van der Waals surface area contributed by atoms with Gasteiger partial charge in [-0.2, -0.15) is 0 Å². The van der Waals surface area contributed by atoms with Crippen molar-refractivity contribution in [2.45, 2.75) is 45.7 Å². The van der Waals surface area contributed by atoms with E-state index in [1.54, 1.807) is 23.1 Å². The van der Waals surface area contributed by atoms with E-state index in [1.807, 2.05) is 19.9 Å². The molecule has 28 heavy (non-hydrogen) atoms. The number of nitrogens with zero attached hydrogens (tertiary/aromatic N) is 2. The van der Waals surface area contributed by atoms with Crippen molar-refractivity contribution in [1.29, 1.82) is 0 Å². The third-order valence-corrected chi connectivity index (χ3v) is 5.41. The first-order valence-electron chi connectivity index (χ1n) is 9.67. The maximum atomic E-state index is 12.7. The molecule has 8 heteroatoms. The van der Waals surface area contributed by atoms with Crippen LogP contribution in [0.4, 0.5) is 0 Å². The Bertz CT molecular complexity index is 995. The van der Waals surface area contributed by atoms with Gasteiger partial charge in [-0.25, -0.2) is 0 Å². The first-order valence-corrected chi connectivity index (χ1v) is 10.1. The van der Waals surface area contributed by atoms with Crippen molar-refractivity contribution < 1.29 is 9.59 Å². The average Bonchev–Trinajstić information content (AvgIpc) is 2.67. The molecule has 1 saturated heterocycles. The zero-order chi connectivity index (χ0) is 20.3. The van der Waals surface area contributed by atoms with Gasteiger partial charge < -0.3 is 15.2 Å². The maximum Gasteiger partial charge on any atom is 0.262 e.